The van der Waals surface area contributed by atoms with Crippen LogP contribution in [0.15, 0.2) is 39.9 Å². The molecule has 0 spiro atoms. The van der Waals surface area contributed by atoms with E-state index in [9.17, 15) is 8.42 Å². The van der Waals surface area contributed by atoms with Crippen LogP contribution in [0.1, 0.15) is 11.5 Å². The average molecular weight is 326 g/mol. The first-order chi connectivity index (χ1) is 10.0. The second kappa shape index (κ2) is 5.16. The van der Waals surface area contributed by atoms with Gasteiger partial charge < -0.3 is 9.09 Å². The van der Waals surface area contributed by atoms with E-state index in [0.29, 0.717) is 29.1 Å². The molecule has 8 heteroatoms. The molecule has 0 aliphatic carbocycles. The summed E-state index contributed by atoms with van der Waals surface area (Å²) in [7, 11) is -3.36. The van der Waals surface area contributed by atoms with Crippen LogP contribution in [-0.4, -0.2) is 29.4 Å². The van der Waals surface area contributed by atoms with Crippen molar-refractivity contribution in [2.45, 2.75) is 17.3 Å². The van der Waals surface area contributed by atoms with E-state index in [1.54, 1.807) is 18.2 Å². The number of sulfone groups is 1. The van der Waals surface area contributed by atoms with Gasteiger partial charge in [-0.2, -0.15) is 0 Å². The van der Waals surface area contributed by atoms with Crippen molar-refractivity contribution in [3.05, 3.63) is 42.0 Å². The molecular formula is C13H12ClN3O3S. The molecule has 0 bridgehead atoms. The minimum absolute atomic E-state index is 0.176. The maximum Gasteiger partial charge on any atom is 0.177 e. The lowest BCUT2D eigenvalue weighted by Gasteiger charge is -2.05. The normalized spacial score (nSPS) is 12.1. The smallest absolute Gasteiger partial charge is 0.177 e. The van der Waals surface area contributed by atoms with Crippen molar-refractivity contribution in [3.8, 4) is 0 Å². The van der Waals surface area contributed by atoms with Crippen molar-refractivity contribution in [2.24, 2.45) is 0 Å². The van der Waals surface area contributed by atoms with Gasteiger partial charge in [-0.15, -0.1) is 11.6 Å². The zero-order chi connectivity index (χ0) is 15.0. The summed E-state index contributed by atoms with van der Waals surface area (Å²) in [6, 6.07) is 6.79. The molecule has 110 valence electrons. The lowest BCUT2D eigenvalue weighted by Crippen LogP contribution is -2.04. The molecule has 0 amide bonds. The molecule has 1 aromatic carbocycles. The maximum absolute atomic E-state index is 11.9. The fraction of sp³-hybridized carbons (Fsp3) is 0.231. The minimum atomic E-state index is -3.36. The van der Waals surface area contributed by atoms with Crippen LogP contribution < -0.4 is 0 Å². The van der Waals surface area contributed by atoms with Crippen LogP contribution in [0.4, 0.5) is 0 Å². The highest BCUT2D eigenvalue weighted by atomic mass is 35.5. The van der Waals surface area contributed by atoms with Crippen LogP contribution in [-0.2, 0) is 22.3 Å². The second-order valence-electron chi connectivity index (χ2n) is 4.63. The molecule has 2 aromatic heterocycles. The number of aromatic nitrogens is 3. The largest absolute Gasteiger partial charge is 0.364 e. The molecule has 0 fully saturated rings. The van der Waals surface area contributed by atoms with E-state index < -0.39 is 9.84 Å². The van der Waals surface area contributed by atoms with Gasteiger partial charge in [-0.25, -0.2) is 13.4 Å². The Morgan fingerprint density at radius 2 is 2.14 bits per heavy atom. The van der Waals surface area contributed by atoms with Crippen LogP contribution in [0.5, 0.6) is 0 Å². The van der Waals surface area contributed by atoms with Gasteiger partial charge >= 0.3 is 0 Å². The van der Waals surface area contributed by atoms with Crippen molar-refractivity contribution in [3.63, 3.8) is 0 Å². The van der Waals surface area contributed by atoms with E-state index in [0.717, 1.165) is 0 Å². The fourth-order valence-electron chi connectivity index (χ4n) is 2.23. The topological polar surface area (TPSA) is 78.0 Å². The van der Waals surface area contributed by atoms with Crippen molar-refractivity contribution in [2.75, 3.05) is 6.26 Å². The number of hydrogen-bond acceptors (Lipinski definition) is 5. The van der Waals surface area contributed by atoms with Crippen LogP contribution in [0.2, 0.25) is 0 Å². The van der Waals surface area contributed by atoms with Crippen molar-refractivity contribution < 1.29 is 12.9 Å². The van der Waals surface area contributed by atoms with Gasteiger partial charge in [0.15, 0.2) is 9.84 Å². The van der Waals surface area contributed by atoms with Gasteiger partial charge in [-0.3, -0.25) is 0 Å². The van der Waals surface area contributed by atoms with Gasteiger partial charge in [0.05, 0.1) is 22.8 Å². The predicted molar refractivity (Wildman–Crippen MR) is 78.0 cm³/mol. The Morgan fingerprint density at radius 1 is 1.33 bits per heavy atom. The molecule has 0 aliphatic heterocycles. The highest BCUT2D eigenvalue weighted by Gasteiger charge is 2.18. The molecule has 0 unspecified atom stereocenters. The van der Waals surface area contributed by atoms with Gasteiger partial charge in [-0.05, 0) is 12.1 Å². The first kappa shape index (κ1) is 14.1. The number of benzene rings is 1. The summed E-state index contributed by atoms with van der Waals surface area (Å²) >= 11 is 5.93. The van der Waals surface area contributed by atoms with Gasteiger partial charge in [0, 0.05) is 12.3 Å². The number of fused-ring (bicyclic) bond motifs is 1. The molecule has 0 radical (unpaired) electrons. The number of imidazole rings is 1. The Bertz CT molecular complexity index is 885. The Morgan fingerprint density at radius 3 is 2.76 bits per heavy atom. The molecule has 0 atom stereocenters. The minimum Gasteiger partial charge on any atom is -0.364 e. The lowest BCUT2D eigenvalue weighted by molar-refractivity contribution is 0.409. The monoisotopic (exact) mass is 325 g/mol. The van der Waals surface area contributed by atoms with E-state index >= 15 is 0 Å². The molecule has 0 saturated heterocycles. The number of para-hydroxylation sites is 1. The van der Waals surface area contributed by atoms with Gasteiger partial charge in [0.2, 0.25) is 0 Å². The van der Waals surface area contributed by atoms with E-state index in [1.807, 2.05) is 10.6 Å². The van der Waals surface area contributed by atoms with Gasteiger partial charge in [0.1, 0.15) is 23.3 Å². The summed E-state index contributed by atoms with van der Waals surface area (Å²) < 4.78 is 30.4. The molecule has 21 heavy (non-hydrogen) atoms. The van der Waals surface area contributed by atoms with Crippen LogP contribution >= 0.6 is 11.6 Å². The molecule has 0 N–H and O–H groups in total. The number of halogens is 1. The molecule has 3 aromatic rings. The predicted octanol–water partition coefficient (Wildman–Crippen LogP) is 2.21. The molecule has 0 aliphatic rings. The van der Waals surface area contributed by atoms with Crippen molar-refractivity contribution in [1.29, 1.82) is 0 Å². The van der Waals surface area contributed by atoms with E-state index in [2.05, 4.69) is 10.1 Å². The Kier molecular flexibility index (Phi) is 3.46. The van der Waals surface area contributed by atoms with Crippen molar-refractivity contribution >= 4 is 32.5 Å². The number of nitrogens with zero attached hydrogens (tertiary/aromatic N) is 3. The average Bonchev–Trinajstić information content (AvgIpc) is 3.05. The quantitative estimate of drug-likeness (QED) is 0.687. The summed E-state index contributed by atoms with van der Waals surface area (Å²) in [6.07, 6.45) is 2.65. The van der Waals surface area contributed by atoms with E-state index in [4.69, 9.17) is 16.1 Å². The third-order valence-corrected chi connectivity index (χ3v) is 4.52. The summed E-state index contributed by atoms with van der Waals surface area (Å²) in [5.74, 6) is 0.765. The zero-order valence-corrected chi connectivity index (χ0v) is 12.7. The molecule has 6 nitrogen and oxygen atoms in total. The van der Waals surface area contributed by atoms with Gasteiger partial charge in [0.25, 0.3) is 0 Å². The van der Waals surface area contributed by atoms with E-state index in [-0.39, 0.29) is 10.8 Å². The first-order valence-electron chi connectivity index (χ1n) is 6.14. The molecule has 3 rings (SSSR count). The highest BCUT2D eigenvalue weighted by molar-refractivity contribution is 7.91. The fourth-order valence-corrected chi connectivity index (χ4v) is 3.26. The Balaban J connectivity index is 2.24. The summed E-state index contributed by atoms with van der Waals surface area (Å²) in [6.45, 7) is 0.419. The first-order valence-corrected chi connectivity index (χ1v) is 8.56. The lowest BCUT2D eigenvalue weighted by atomic mass is 10.3. The highest BCUT2D eigenvalue weighted by Crippen LogP contribution is 2.25. The SMILES string of the molecule is CS(=O)(=O)c1cccc2c1nc(CCl)n2Cc1ccon1. The molecule has 0 saturated carbocycles. The molecule has 2 heterocycles. The zero-order valence-electron chi connectivity index (χ0n) is 11.2. The second-order valence-corrected chi connectivity index (χ2v) is 6.89. The third-order valence-electron chi connectivity index (χ3n) is 3.15. The third kappa shape index (κ3) is 2.54. The van der Waals surface area contributed by atoms with Crippen LogP contribution in [0.3, 0.4) is 0 Å². The number of alkyl halides is 1. The Hall–Kier alpha value is -1.86. The molecular weight excluding hydrogens is 314 g/mol. The Labute approximate surface area is 126 Å². The summed E-state index contributed by atoms with van der Waals surface area (Å²) in [5, 5.41) is 3.86. The van der Waals surface area contributed by atoms with Crippen LogP contribution in [0, 0.1) is 0 Å². The van der Waals surface area contributed by atoms with Gasteiger partial charge in [-0.1, -0.05) is 11.2 Å². The van der Waals surface area contributed by atoms with Crippen molar-refractivity contribution in [1.82, 2.24) is 14.7 Å². The maximum atomic E-state index is 11.9. The number of rotatable bonds is 4. The van der Waals surface area contributed by atoms with E-state index in [1.165, 1.54) is 12.5 Å². The summed E-state index contributed by atoms with van der Waals surface area (Å²) in [4.78, 5) is 4.57. The number of hydrogen-bond donors (Lipinski definition) is 0. The summed E-state index contributed by atoms with van der Waals surface area (Å²) in [5.41, 5.74) is 1.85. The van der Waals surface area contributed by atoms with Crippen LogP contribution in [0.25, 0.3) is 11.0 Å². The standard InChI is InChI=1S/C13H12ClN3O3S/c1-21(18,19)11-4-2-3-10-13(11)15-12(7-14)17(10)8-9-5-6-20-16-9/h2-6H,7-8H2,1H3.